The van der Waals surface area contributed by atoms with Gasteiger partial charge in [0.2, 0.25) is 5.91 Å². The van der Waals surface area contributed by atoms with Crippen LogP contribution in [0.1, 0.15) is 17.7 Å². The minimum Gasteiger partial charge on any atom is -0.360 e. The van der Waals surface area contributed by atoms with Crippen LogP contribution >= 0.6 is 0 Å². The third kappa shape index (κ3) is 3.36. The Bertz CT molecular complexity index is 1010. The van der Waals surface area contributed by atoms with Crippen LogP contribution in [-0.4, -0.2) is 35.1 Å². The minimum absolute atomic E-state index is 0.0283. The molecule has 1 aliphatic rings. The third-order valence-corrected chi connectivity index (χ3v) is 4.86. The Morgan fingerprint density at radius 1 is 1.19 bits per heavy atom. The van der Waals surface area contributed by atoms with Crippen LogP contribution < -0.4 is 11.1 Å². The van der Waals surface area contributed by atoms with Gasteiger partial charge in [-0.2, -0.15) is 0 Å². The Morgan fingerprint density at radius 2 is 2.00 bits per heavy atom. The van der Waals surface area contributed by atoms with Gasteiger partial charge in [0.25, 0.3) is 0 Å². The van der Waals surface area contributed by atoms with E-state index in [2.05, 4.69) is 28.7 Å². The molecule has 7 heteroatoms. The molecular formula is C20H20N4O3. The van der Waals surface area contributed by atoms with Crippen molar-refractivity contribution in [2.75, 3.05) is 13.1 Å². The highest BCUT2D eigenvalue weighted by atomic mass is 16.5. The highest BCUT2D eigenvalue weighted by Gasteiger charge is 2.27. The number of aromatic nitrogens is 1. The van der Waals surface area contributed by atoms with Crippen molar-refractivity contribution in [3.63, 3.8) is 0 Å². The molecule has 0 saturated carbocycles. The molecule has 3 N–H and O–H groups in total. The van der Waals surface area contributed by atoms with Crippen LogP contribution in [0, 0.1) is 0 Å². The van der Waals surface area contributed by atoms with Crippen LogP contribution in [0.2, 0.25) is 0 Å². The Labute approximate surface area is 156 Å². The van der Waals surface area contributed by atoms with Crippen molar-refractivity contribution < 1.29 is 14.1 Å². The van der Waals surface area contributed by atoms with Crippen LogP contribution in [0.15, 0.2) is 47.0 Å². The second-order valence-electron chi connectivity index (χ2n) is 6.57. The average molecular weight is 364 g/mol. The molecule has 0 fully saturated rings. The first kappa shape index (κ1) is 17.1. The van der Waals surface area contributed by atoms with Gasteiger partial charge in [-0.15, -0.1) is 0 Å². The van der Waals surface area contributed by atoms with E-state index in [4.69, 9.17) is 10.3 Å². The lowest BCUT2D eigenvalue weighted by molar-refractivity contribution is -0.132. The Hall–Kier alpha value is -3.35. The molecular weight excluding hydrogens is 344 g/mol. The van der Waals surface area contributed by atoms with E-state index in [1.165, 1.54) is 0 Å². The second kappa shape index (κ2) is 7.11. The first-order valence-electron chi connectivity index (χ1n) is 8.90. The van der Waals surface area contributed by atoms with Crippen molar-refractivity contribution >= 4 is 22.7 Å². The van der Waals surface area contributed by atoms with E-state index in [0.29, 0.717) is 19.5 Å². The number of nitrogens with one attached hydrogen (secondary N) is 1. The molecule has 0 saturated heterocycles. The molecule has 0 bridgehead atoms. The van der Waals surface area contributed by atoms with E-state index in [-0.39, 0.29) is 18.9 Å². The van der Waals surface area contributed by atoms with Gasteiger partial charge in [-0.05, 0) is 10.8 Å². The van der Waals surface area contributed by atoms with E-state index in [1.54, 1.807) is 4.90 Å². The normalized spacial score (nSPS) is 13.4. The van der Waals surface area contributed by atoms with Gasteiger partial charge >= 0.3 is 6.03 Å². The smallest absolute Gasteiger partial charge is 0.312 e. The van der Waals surface area contributed by atoms with Gasteiger partial charge in [0, 0.05) is 37.1 Å². The summed E-state index contributed by atoms with van der Waals surface area (Å²) in [5.74, 6) is 0.803. The number of fused-ring (bicyclic) bond motifs is 2. The molecule has 1 aromatic heterocycles. The second-order valence-corrected chi connectivity index (χ2v) is 6.57. The zero-order chi connectivity index (χ0) is 18.8. The summed E-state index contributed by atoms with van der Waals surface area (Å²) in [4.78, 5) is 25.0. The lowest BCUT2D eigenvalue weighted by atomic mass is 9.97. The zero-order valence-electron chi connectivity index (χ0n) is 14.8. The van der Waals surface area contributed by atoms with Crippen LogP contribution in [0.3, 0.4) is 0 Å². The quantitative estimate of drug-likeness (QED) is 0.742. The van der Waals surface area contributed by atoms with Crippen molar-refractivity contribution in [2.45, 2.75) is 19.4 Å². The molecule has 138 valence electrons. The van der Waals surface area contributed by atoms with Gasteiger partial charge in [-0.1, -0.05) is 47.6 Å². The minimum atomic E-state index is -0.624. The molecule has 2 heterocycles. The summed E-state index contributed by atoms with van der Waals surface area (Å²) >= 11 is 0. The maximum atomic E-state index is 12.5. The highest BCUT2D eigenvalue weighted by Crippen LogP contribution is 2.34. The number of rotatable bonds is 4. The molecule has 4 rings (SSSR count). The summed E-state index contributed by atoms with van der Waals surface area (Å²) in [6.07, 6.45) is 0.843. The monoisotopic (exact) mass is 364 g/mol. The summed E-state index contributed by atoms with van der Waals surface area (Å²) in [6.45, 7) is 1.26. The van der Waals surface area contributed by atoms with Crippen molar-refractivity contribution in [3.05, 3.63) is 53.8 Å². The first-order chi connectivity index (χ1) is 13.1. The molecule has 0 atom stereocenters. The predicted molar refractivity (Wildman–Crippen MR) is 101 cm³/mol. The topological polar surface area (TPSA) is 101 Å². The molecule has 27 heavy (non-hydrogen) atoms. The van der Waals surface area contributed by atoms with Crippen molar-refractivity contribution in [1.82, 2.24) is 15.4 Å². The van der Waals surface area contributed by atoms with Gasteiger partial charge in [-0.25, -0.2) is 4.79 Å². The lowest BCUT2D eigenvalue weighted by Gasteiger charge is -2.26. The Kier molecular flexibility index (Phi) is 4.50. The number of benzene rings is 2. The van der Waals surface area contributed by atoms with Gasteiger partial charge in [0.15, 0.2) is 0 Å². The van der Waals surface area contributed by atoms with Crippen molar-refractivity contribution in [1.29, 1.82) is 0 Å². The fourth-order valence-electron chi connectivity index (χ4n) is 3.52. The fourth-order valence-corrected chi connectivity index (χ4v) is 3.52. The largest absolute Gasteiger partial charge is 0.360 e. The summed E-state index contributed by atoms with van der Waals surface area (Å²) in [7, 11) is 0. The summed E-state index contributed by atoms with van der Waals surface area (Å²) < 4.78 is 5.57. The zero-order valence-corrected chi connectivity index (χ0v) is 14.8. The van der Waals surface area contributed by atoms with Crippen LogP contribution in [0.5, 0.6) is 0 Å². The number of primary amides is 1. The van der Waals surface area contributed by atoms with Gasteiger partial charge < -0.3 is 20.5 Å². The number of urea groups is 1. The maximum absolute atomic E-state index is 12.5. The average Bonchev–Trinajstić information content (AvgIpc) is 3.10. The number of nitrogens with two attached hydrogens (primary N) is 1. The van der Waals surface area contributed by atoms with E-state index < -0.39 is 6.03 Å². The maximum Gasteiger partial charge on any atom is 0.312 e. The van der Waals surface area contributed by atoms with E-state index in [1.807, 2.05) is 24.3 Å². The highest BCUT2D eigenvalue weighted by molar-refractivity contribution is 5.96. The molecule has 0 aliphatic carbocycles. The van der Waals surface area contributed by atoms with Crippen molar-refractivity contribution in [3.8, 4) is 11.3 Å². The molecule has 3 aromatic rings. The lowest BCUT2D eigenvalue weighted by Crippen LogP contribution is -2.38. The molecule has 0 radical (unpaired) electrons. The number of carbonyl (C=O) groups is 2. The van der Waals surface area contributed by atoms with Gasteiger partial charge in [-0.3, -0.25) is 4.79 Å². The van der Waals surface area contributed by atoms with Gasteiger partial charge in [0.1, 0.15) is 11.5 Å². The van der Waals surface area contributed by atoms with E-state index in [0.717, 1.165) is 33.4 Å². The SMILES string of the molecule is NC(=O)NCCC(=O)N1CCc2onc(-c3cccc4ccccc34)c2C1. The molecule has 0 spiro atoms. The van der Waals surface area contributed by atoms with Crippen LogP contribution in [-0.2, 0) is 17.8 Å². The molecule has 0 unspecified atom stereocenters. The number of hydrogen-bond donors (Lipinski definition) is 2. The molecule has 1 aliphatic heterocycles. The fraction of sp³-hybridized carbons (Fsp3) is 0.250. The molecule has 2 aromatic carbocycles. The standard InChI is InChI=1S/C20H20N4O3/c21-20(26)22-10-8-18(25)24-11-9-17-16(12-24)19(23-27-17)15-7-3-5-13-4-1-2-6-14(13)15/h1-7H,8-12H2,(H3,21,22,26). The number of amides is 3. The van der Waals surface area contributed by atoms with E-state index in [9.17, 15) is 9.59 Å². The summed E-state index contributed by atoms with van der Waals surface area (Å²) in [6, 6.07) is 13.6. The molecule has 3 amide bonds. The molecule has 7 nitrogen and oxygen atoms in total. The van der Waals surface area contributed by atoms with Gasteiger partial charge in [0.05, 0.1) is 6.54 Å². The van der Waals surface area contributed by atoms with Crippen molar-refractivity contribution in [2.24, 2.45) is 5.73 Å². The summed E-state index contributed by atoms with van der Waals surface area (Å²) in [5, 5.41) is 8.99. The number of nitrogens with zero attached hydrogens (tertiary/aromatic N) is 2. The third-order valence-electron chi connectivity index (χ3n) is 4.86. The first-order valence-corrected chi connectivity index (χ1v) is 8.90. The Balaban J connectivity index is 1.60. The van der Waals surface area contributed by atoms with Crippen LogP contribution in [0.4, 0.5) is 4.79 Å². The van der Waals surface area contributed by atoms with Crippen LogP contribution in [0.25, 0.3) is 22.0 Å². The number of carbonyl (C=O) groups excluding carboxylic acids is 2. The predicted octanol–water partition coefficient (Wildman–Crippen LogP) is 2.44. The van der Waals surface area contributed by atoms with E-state index >= 15 is 0 Å². The number of hydrogen-bond acceptors (Lipinski definition) is 4. The Morgan fingerprint density at radius 3 is 2.85 bits per heavy atom. The summed E-state index contributed by atoms with van der Waals surface area (Å²) in [5.41, 5.74) is 7.78.